The highest BCUT2D eigenvalue weighted by atomic mass is 32.1. The summed E-state index contributed by atoms with van der Waals surface area (Å²) in [6.07, 6.45) is 1.25. The van der Waals surface area contributed by atoms with Crippen LogP contribution in [0.4, 0.5) is 0 Å². The zero-order chi connectivity index (χ0) is 4.41. The summed E-state index contributed by atoms with van der Waals surface area (Å²) in [4.78, 5) is 0. The van der Waals surface area contributed by atoms with E-state index in [0.717, 1.165) is 13.1 Å². The summed E-state index contributed by atoms with van der Waals surface area (Å²) in [5.41, 5.74) is 0. The first kappa shape index (κ1) is 4.43. The van der Waals surface area contributed by atoms with Crippen molar-refractivity contribution in [3.63, 3.8) is 0 Å². The van der Waals surface area contributed by atoms with E-state index in [1.807, 2.05) is 0 Å². The van der Waals surface area contributed by atoms with E-state index < -0.39 is 0 Å². The molecule has 1 rings (SSSR count). The molecular weight excluding hydrogens is 98.1 g/mol. The normalized spacial score (nSPS) is 23.5. The van der Waals surface area contributed by atoms with Crippen molar-refractivity contribution in [2.45, 2.75) is 6.42 Å². The summed E-state index contributed by atoms with van der Waals surface area (Å²) in [5, 5.41) is 1.79. The molecule has 0 aromatic carbocycles. The van der Waals surface area contributed by atoms with Gasteiger partial charge in [0.15, 0.2) is 0 Å². The van der Waals surface area contributed by atoms with Crippen LogP contribution in [0.15, 0.2) is 0 Å². The Morgan fingerprint density at radius 2 is 2.17 bits per heavy atom. The van der Waals surface area contributed by atoms with Gasteiger partial charge in [-0.25, -0.2) is 4.28 Å². The molecule has 3 heteroatoms. The highest BCUT2D eigenvalue weighted by Crippen LogP contribution is 2.05. The molecule has 1 fully saturated rings. The zero-order valence-corrected chi connectivity index (χ0v) is 4.32. The summed E-state index contributed by atoms with van der Waals surface area (Å²) in [7, 11) is 0. The molecule has 0 unspecified atom stereocenters. The highest BCUT2D eigenvalue weighted by Gasteiger charge is 2.11. The van der Waals surface area contributed by atoms with Crippen LogP contribution in [0.5, 0.6) is 0 Å². The van der Waals surface area contributed by atoms with Crippen LogP contribution < -0.4 is 0 Å². The third-order valence-corrected chi connectivity index (χ3v) is 1.16. The van der Waals surface area contributed by atoms with Crippen molar-refractivity contribution < 1.29 is 4.28 Å². The van der Waals surface area contributed by atoms with E-state index in [1.54, 1.807) is 5.06 Å². The first-order chi connectivity index (χ1) is 2.93. The van der Waals surface area contributed by atoms with Gasteiger partial charge < -0.3 is 0 Å². The Labute approximate surface area is 42.7 Å². The Morgan fingerprint density at radius 3 is 2.17 bits per heavy atom. The molecule has 2 nitrogen and oxygen atoms in total. The topological polar surface area (TPSA) is 12.5 Å². The van der Waals surface area contributed by atoms with Gasteiger partial charge in [-0.05, 0) is 19.3 Å². The van der Waals surface area contributed by atoms with Crippen molar-refractivity contribution in [2.24, 2.45) is 0 Å². The maximum absolute atomic E-state index is 4.51. The molecule has 0 amide bonds. The standard InChI is InChI=1S/C3H7NOS/c6-5-4-2-1-3-4/h6H,1-3H2. The number of hydrogen-bond acceptors (Lipinski definition) is 3. The van der Waals surface area contributed by atoms with Crippen molar-refractivity contribution in [1.29, 1.82) is 0 Å². The summed E-state index contributed by atoms with van der Waals surface area (Å²) in [6, 6.07) is 0. The predicted molar refractivity (Wildman–Crippen MR) is 26.3 cm³/mol. The third-order valence-electron chi connectivity index (χ3n) is 0.930. The number of hydrogen-bond donors (Lipinski definition) is 1. The second-order valence-electron chi connectivity index (χ2n) is 1.36. The predicted octanol–water partition coefficient (Wildman–Crippen LogP) is 0.469. The van der Waals surface area contributed by atoms with Gasteiger partial charge in [-0.3, -0.25) is 0 Å². The van der Waals surface area contributed by atoms with Crippen molar-refractivity contribution in [1.82, 2.24) is 5.06 Å². The van der Waals surface area contributed by atoms with Gasteiger partial charge in [0.25, 0.3) is 0 Å². The summed E-state index contributed by atoms with van der Waals surface area (Å²) < 4.78 is 4.51. The second kappa shape index (κ2) is 1.82. The molecule has 0 atom stereocenters. The van der Waals surface area contributed by atoms with Gasteiger partial charge in [0.05, 0.1) is 0 Å². The van der Waals surface area contributed by atoms with Gasteiger partial charge in [0.2, 0.25) is 0 Å². The number of nitrogens with zero attached hydrogens (tertiary/aromatic N) is 1. The number of hydroxylamine groups is 2. The second-order valence-corrected chi connectivity index (χ2v) is 1.53. The van der Waals surface area contributed by atoms with E-state index in [-0.39, 0.29) is 0 Å². The van der Waals surface area contributed by atoms with E-state index in [1.165, 1.54) is 6.42 Å². The molecule has 0 radical (unpaired) electrons. The lowest BCUT2D eigenvalue weighted by atomic mass is 10.3. The third kappa shape index (κ3) is 0.668. The Kier molecular flexibility index (Phi) is 1.34. The lowest BCUT2D eigenvalue weighted by Crippen LogP contribution is -2.34. The van der Waals surface area contributed by atoms with Gasteiger partial charge in [0.1, 0.15) is 0 Å². The van der Waals surface area contributed by atoms with Crippen LogP contribution in [0.3, 0.4) is 0 Å². The Bertz CT molecular complexity index is 43.3. The zero-order valence-electron chi connectivity index (χ0n) is 3.42. The van der Waals surface area contributed by atoms with Crippen LogP contribution in [0.1, 0.15) is 6.42 Å². The van der Waals surface area contributed by atoms with Crippen LogP contribution in [0, 0.1) is 0 Å². The monoisotopic (exact) mass is 105 g/mol. The maximum Gasteiger partial charge on any atom is 0.0265 e. The molecule has 6 heavy (non-hydrogen) atoms. The summed E-state index contributed by atoms with van der Waals surface area (Å²) in [5.74, 6) is 0. The van der Waals surface area contributed by atoms with Crippen molar-refractivity contribution >= 4 is 12.9 Å². The van der Waals surface area contributed by atoms with Gasteiger partial charge in [-0.2, -0.15) is 5.06 Å². The van der Waals surface area contributed by atoms with Crippen LogP contribution in [-0.4, -0.2) is 18.2 Å². The fraction of sp³-hybridized carbons (Fsp3) is 1.00. The van der Waals surface area contributed by atoms with E-state index in [2.05, 4.69) is 17.2 Å². The molecule has 0 bridgehead atoms. The van der Waals surface area contributed by atoms with E-state index >= 15 is 0 Å². The fourth-order valence-electron chi connectivity index (χ4n) is 0.369. The van der Waals surface area contributed by atoms with Crippen molar-refractivity contribution in [3.8, 4) is 0 Å². The lowest BCUT2D eigenvalue weighted by molar-refractivity contribution is -0.0865. The maximum atomic E-state index is 4.51. The molecule has 1 saturated heterocycles. The van der Waals surface area contributed by atoms with Crippen LogP contribution in [-0.2, 0) is 4.28 Å². The Hall–Kier alpha value is 0.270. The van der Waals surface area contributed by atoms with Gasteiger partial charge in [0, 0.05) is 13.1 Å². The van der Waals surface area contributed by atoms with E-state index in [9.17, 15) is 0 Å². The molecule has 0 saturated carbocycles. The van der Waals surface area contributed by atoms with Gasteiger partial charge >= 0.3 is 0 Å². The molecular formula is C3H7NOS. The average molecular weight is 105 g/mol. The first-order valence-corrected chi connectivity index (χ1v) is 2.36. The number of rotatable bonds is 1. The molecule has 0 aromatic rings. The SMILES string of the molecule is SON1CCC1. The lowest BCUT2D eigenvalue weighted by Gasteiger charge is -2.25. The van der Waals surface area contributed by atoms with Crippen molar-refractivity contribution in [3.05, 3.63) is 0 Å². The molecule has 1 heterocycles. The molecule has 0 spiro atoms. The summed E-state index contributed by atoms with van der Waals surface area (Å²) >= 11 is 3.57. The van der Waals surface area contributed by atoms with E-state index in [0.29, 0.717) is 0 Å². The first-order valence-electron chi connectivity index (χ1n) is 2.00. The van der Waals surface area contributed by atoms with Crippen LogP contribution >= 0.6 is 12.9 Å². The van der Waals surface area contributed by atoms with Gasteiger partial charge in [-0.1, -0.05) is 0 Å². The molecule has 0 aliphatic carbocycles. The fourth-order valence-corrected chi connectivity index (χ4v) is 0.532. The van der Waals surface area contributed by atoms with Gasteiger partial charge in [-0.15, -0.1) is 0 Å². The van der Waals surface area contributed by atoms with E-state index in [4.69, 9.17) is 0 Å². The Balaban J connectivity index is 2.01. The molecule has 1 aliphatic heterocycles. The molecule has 1 aliphatic rings. The minimum Gasteiger partial charge on any atom is -0.232 e. The minimum absolute atomic E-state index is 1.05. The largest absolute Gasteiger partial charge is 0.232 e. The smallest absolute Gasteiger partial charge is 0.0265 e. The van der Waals surface area contributed by atoms with Crippen LogP contribution in [0.2, 0.25) is 0 Å². The quantitative estimate of drug-likeness (QED) is 0.384. The molecule has 0 aromatic heterocycles. The average Bonchev–Trinajstić information content (AvgIpc) is 1.31. The molecule has 0 N–H and O–H groups in total. The molecule has 36 valence electrons. The highest BCUT2D eigenvalue weighted by molar-refractivity contribution is 7.75. The minimum atomic E-state index is 1.05. The summed E-state index contributed by atoms with van der Waals surface area (Å²) in [6.45, 7) is 2.09. The van der Waals surface area contributed by atoms with Crippen molar-refractivity contribution in [2.75, 3.05) is 13.1 Å². The number of thiol groups is 1. The Morgan fingerprint density at radius 1 is 1.50 bits per heavy atom. The van der Waals surface area contributed by atoms with Crippen LogP contribution in [0.25, 0.3) is 0 Å².